The quantitative estimate of drug-likeness (QED) is 0.152. The van der Waals surface area contributed by atoms with E-state index in [2.05, 4.69) is 50.9 Å². The molecule has 21 nitrogen and oxygen atoms in total. The fourth-order valence-corrected chi connectivity index (χ4v) is 7.52. The average molecular weight is 883 g/mol. The number of benzene rings is 3. The highest BCUT2D eigenvalue weighted by atomic mass is 19.1. The van der Waals surface area contributed by atoms with E-state index in [1.165, 1.54) is 12.1 Å². The monoisotopic (exact) mass is 882 g/mol. The lowest BCUT2D eigenvalue weighted by Gasteiger charge is -2.11. The first-order valence-electron chi connectivity index (χ1n) is 19.8. The predicted octanol–water partition coefficient (Wildman–Crippen LogP) is 5.98. The molecule has 3 aromatic carbocycles. The molecule has 0 unspecified atom stereocenters. The standard InChI is InChI=1S/C23H18FN7O3.C19H17N7O4.CH4/c1-13-26-23(28-34-13)22-21-10-19-17(11-33-16-5-3-4-14(24)8-16)27-29-31(19)20-9-15(32-2)6-7-18(20)30(21)12-25-22;1-4-29-19(27)17-15-8-14-16(18-21-10(2)30-23-18)20-9-25(14)12-6-5-11(28-3)7-13(12)26(15)24-22-17;/h3-9,12H,10-11H2,1-2H3;5-7,9H,4,8H2,1-3H3;1H4. The molecule has 9 aromatic rings. The minimum absolute atomic E-state index is 0. The third-order valence-corrected chi connectivity index (χ3v) is 10.5. The number of esters is 1. The van der Waals surface area contributed by atoms with Crippen LogP contribution in [0.15, 0.2) is 82.4 Å². The van der Waals surface area contributed by atoms with Crippen molar-refractivity contribution in [2.24, 2.45) is 0 Å². The van der Waals surface area contributed by atoms with Crippen LogP contribution in [0.5, 0.6) is 17.2 Å². The molecule has 8 heterocycles. The number of rotatable bonds is 9. The molecule has 0 spiro atoms. The Labute approximate surface area is 368 Å². The van der Waals surface area contributed by atoms with E-state index in [0.29, 0.717) is 82.0 Å². The maximum Gasteiger partial charge on any atom is 0.360 e. The van der Waals surface area contributed by atoms with Gasteiger partial charge in [0.1, 0.15) is 59.4 Å². The normalized spacial score (nSPS) is 11.8. The van der Waals surface area contributed by atoms with Gasteiger partial charge in [0, 0.05) is 44.9 Å². The maximum absolute atomic E-state index is 13.6. The van der Waals surface area contributed by atoms with E-state index >= 15 is 0 Å². The fourth-order valence-electron chi connectivity index (χ4n) is 7.52. The summed E-state index contributed by atoms with van der Waals surface area (Å²) in [6.07, 6.45) is 4.14. The molecule has 22 heteroatoms. The number of carbonyl (C=O) groups is 1. The lowest BCUT2D eigenvalue weighted by molar-refractivity contribution is 0.0518. The Morgan fingerprint density at radius 1 is 0.708 bits per heavy atom. The largest absolute Gasteiger partial charge is 0.497 e. The Hall–Kier alpha value is -8.56. The number of hydrogen-bond donors (Lipinski definition) is 0. The molecule has 0 saturated carbocycles. The van der Waals surface area contributed by atoms with Crippen molar-refractivity contribution in [3.63, 3.8) is 0 Å². The predicted molar refractivity (Wildman–Crippen MR) is 225 cm³/mol. The van der Waals surface area contributed by atoms with Gasteiger partial charge in [0.25, 0.3) is 0 Å². The van der Waals surface area contributed by atoms with Crippen molar-refractivity contribution in [2.75, 3.05) is 20.8 Å². The molecule has 330 valence electrons. The van der Waals surface area contributed by atoms with E-state index in [1.807, 2.05) is 45.5 Å². The third kappa shape index (κ3) is 7.48. The molecule has 0 atom stereocenters. The van der Waals surface area contributed by atoms with Gasteiger partial charge in [-0.2, -0.15) is 9.97 Å². The van der Waals surface area contributed by atoms with Crippen molar-refractivity contribution < 1.29 is 37.2 Å². The van der Waals surface area contributed by atoms with Crippen LogP contribution in [0, 0.1) is 19.7 Å². The van der Waals surface area contributed by atoms with Crippen molar-refractivity contribution in [3.05, 3.63) is 125 Å². The van der Waals surface area contributed by atoms with Gasteiger partial charge in [-0.15, -0.1) is 10.2 Å². The first-order chi connectivity index (χ1) is 31.2. The maximum atomic E-state index is 13.6. The summed E-state index contributed by atoms with van der Waals surface area (Å²) in [5, 5.41) is 25.2. The molecule has 6 aromatic heterocycles. The fraction of sp³-hybridized carbons (Fsp3) is 0.233. The van der Waals surface area contributed by atoms with Gasteiger partial charge in [0.05, 0.1) is 66.4 Å². The van der Waals surface area contributed by atoms with E-state index in [9.17, 15) is 9.18 Å². The van der Waals surface area contributed by atoms with Gasteiger partial charge in [-0.25, -0.2) is 28.5 Å². The number of aryl methyl sites for hydroxylation is 2. The van der Waals surface area contributed by atoms with E-state index in [1.54, 1.807) is 69.1 Å². The molecule has 2 aliphatic rings. The molecule has 11 rings (SSSR count). The molecule has 0 N–H and O–H groups in total. The number of carbonyl (C=O) groups excluding carboxylic acids is 1. The number of halogens is 1. The van der Waals surface area contributed by atoms with Gasteiger partial charge < -0.3 is 28.0 Å². The molecular formula is C43H39FN14O7. The Balaban J connectivity index is 0.000000163. The van der Waals surface area contributed by atoms with E-state index in [0.717, 1.165) is 34.1 Å². The van der Waals surface area contributed by atoms with E-state index in [-0.39, 0.29) is 32.2 Å². The third-order valence-electron chi connectivity index (χ3n) is 10.5. The highest BCUT2D eigenvalue weighted by Gasteiger charge is 2.32. The summed E-state index contributed by atoms with van der Waals surface area (Å²) >= 11 is 0. The van der Waals surface area contributed by atoms with Crippen LogP contribution in [0.1, 0.15) is 65.1 Å². The second kappa shape index (κ2) is 17.0. The van der Waals surface area contributed by atoms with Gasteiger partial charge in [0.2, 0.25) is 23.4 Å². The van der Waals surface area contributed by atoms with Gasteiger partial charge in [0.15, 0.2) is 5.69 Å². The molecule has 0 bridgehead atoms. The van der Waals surface area contributed by atoms with Crippen molar-refractivity contribution >= 4 is 5.97 Å². The molecule has 0 radical (unpaired) electrons. The Morgan fingerprint density at radius 3 is 1.82 bits per heavy atom. The zero-order chi connectivity index (χ0) is 44.1. The van der Waals surface area contributed by atoms with Gasteiger partial charge in [-0.3, -0.25) is 9.13 Å². The zero-order valence-corrected chi connectivity index (χ0v) is 34.8. The average Bonchev–Trinajstić information content (AvgIpc) is 4.18. The molecule has 65 heavy (non-hydrogen) atoms. The van der Waals surface area contributed by atoms with Gasteiger partial charge in [-0.05, 0) is 43.3 Å². The van der Waals surface area contributed by atoms with Gasteiger partial charge >= 0.3 is 5.97 Å². The molecule has 0 amide bonds. The number of aromatic nitrogens is 14. The first kappa shape index (κ1) is 41.8. The lowest BCUT2D eigenvalue weighted by Crippen LogP contribution is -2.10. The smallest absolute Gasteiger partial charge is 0.360 e. The summed E-state index contributed by atoms with van der Waals surface area (Å²) in [4.78, 5) is 30.3. The Morgan fingerprint density at radius 2 is 1.28 bits per heavy atom. The second-order valence-electron chi connectivity index (χ2n) is 14.3. The highest BCUT2D eigenvalue weighted by molar-refractivity contribution is 5.89. The van der Waals surface area contributed by atoms with Crippen LogP contribution < -0.4 is 14.2 Å². The summed E-state index contributed by atoms with van der Waals surface area (Å²) in [5.74, 6) is 2.48. The van der Waals surface area contributed by atoms with Crippen LogP contribution in [-0.2, 0) is 24.2 Å². The minimum Gasteiger partial charge on any atom is -0.497 e. The van der Waals surface area contributed by atoms with E-state index < -0.39 is 5.97 Å². The molecular weight excluding hydrogens is 844 g/mol. The van der Waals surface area contributed by atoms with Crippen LogP contribution >= 0.6 is 0 Å². The topological polar surface area (TPSA) is 229 Å². The van der Waals surface area contributed by atoms with Crippen molar-refractivity contribution in [3.8, 4) is 63.0 Å². The van der Waals surface area contributed by atoms with Crippen LogP contribution in [0.3, 0.4) is 0 Å². The van der Waals surface area contributed by atoms with E-state index in [4.69, 9.17) is 28.0 Å². The summed E-state index contributed by atoms with van der Waals surface area (Å²) in [6.45, 7) is 5.54. The Kier molecular flexibility index (Phi) is 10.9. The molecule has 2 aliphatic heterocycles. The summed E-state index contributed by atoms with van der Waals surface area (Å²) in [5.41, 5.74) is 8.01. The highest BCUT2D eigenvalue weighted by Crippen LogP contribution is 2.36. The summed E-state index contributed by atoms with van der Waals surface area (Å²) < 4.78 is 53.0. The van der Waals surface area contributed by atoms with Crippen LogP contribution in [0.2, 0.25) is 0 Å². The summed E-state index contributed by atoms with van der Waals surface area (Å²) in [7, 11) is 3.20. The first-order valence-corrected chi connectivity index (χ1v) is 19.8. The zero-order valence-electron chi connectivity index (χ0n) is 34.8. The van der Waals surface area contributed by atoms with Crippen LogP contribution in [0.4, 0.5) is 4.39 Å². The lowest BCUT2D eigenvalue weighted by atomic mass is 10.1. The number of methoxy groups -OCH3 is 2. The SMILES string of the molecule is C.CCOC(=O)c1nnn2c1Cc1c(-c3noc(C)n3)ncn1-c1ccc(OC)cc1-2.COc1ccc2c(c1)-n1nnc(COc3cccc(F)c3)c1Cc1c(-c3noc(C)n3)ncn1-2. The number of fused-ring (bicyclic) bond motifs is 10. The number of hydrogen-bond acceptors (Lipinski definition) is 17. The van der Waals surface area contributed by atoms with Crippen LogP contribution in [0.25, 0.3) is 45.8 Å². The van der Waals surface area contributed by atoms with Crippen LogP contribution in [-0.4, -0.2) is 96.2 Å². The van der Waals surface area contributed by atoms with Crippen molar-refractivity contribution in [1.29, 1.82) is 0 Å². The number of imidazole rings is 2. The molecule has 0 saturated heterocycles. The number of ether oxygens (including phenoxy) is 4. The Bertz CT molecular complexity index is 3210. The molecule has 0 fully saturated rings. The van der Waals surface area contributed by atoms with Crippen molar-refractivity contribution in [2.45, 2.75) is 47.6 Å². The van der Waals surface area contributed by atoms with Gasteiger partial charge in [-0.1, -0.05) is 34.2 Å². The molecule has 0 aliphatic carbocycles. The summed E-state index contributed by atoms with van der Waals surface area (Å²) in [6, 6.07) is 17.2. The second-order valence-corrected chi connectivity index (χ2v) is 14.3. The van der Waals surface area contributed by atoms with Crippen molar-refractivity contribution in [1.82, 2.24) is 69.4 Å². The minimum atomic E-state index is -0.534. The number of nitrogens with zero attached hydrogens (tertiary/aromatic N) is 14.